The van der Waals surface area contributed by atoms with E-state index in [-0.39, 0.29) is 6.03 Å². The van der Waals surface area contributed by atoms with Crippen molar-refractivity contribution in [3.8, 4) is 0 Å². The third-order valence-electron chi connectivity index (χ3n) is 5.82. The predicted octanol–water partition coefficient (Wildman–Crippen LogP) is 5.19. The lowest BCUT2D eigenvalue weighted by atomic mass is 9.98. The van der Waals surface area contributed by atoms with Gasteiger partial charge in [0.2, 0.25) is 0 Å². The van der Waals surface area contributed by atoms with Gasteiger partial charge in [-0.05, 0) is 97.7 Å². The fourth-order valence-corrected chi connectivity index (χ4v) is 6.51. The van der Waals surface area contributed by atoms with E-state index in [9.17, 15) is 9.90 Å². The van der Waals surface area contributed by atoms with Crippen LogP contribution >= 0.6 is 34.9 Å². The van der Waals surface area contributed by atoms with E-state index in [1.165, 1.54) is 34.2 Å². The van der Waals surface area contributed by atoms with Gasteiger partial charge < -0.3 is 10.4 Å². The lowest BCUT2D eigenvalue weighted by molar-refractivity contribution is 0.155. The number of hydrogen-bond donors (Lipinski definition) is 3. The molecule has 1 aromatic carbocycles. The molecule has 0 aliphatic heterocycles. The van der Waals surface area contributed by atoms with Crippen LogP contribution in [0.5, 0.6) is 0 Å². The SMILES string of the molecule is O=C(NSc1ccc(C2(O)CC2)s1)Nc1c2c(c(Cl)c3c1CCC3)CCC2. The number of urea groups is 1. The minimum Gasteiger partial charge on any atom is -0.384 e. The van der Waals surface area contributed by atoms with Crippen LogP contribution in [0.4, 0.5) is 10.5 Å². The van der Waals surface area contributed by atoms with Gasteiger partial charge in [0.15, 0.2) is 0 Å². The highest BCUT2D eigenvalue weighted by Gasteiger charge is 2.43. The van der Waals surface area contributed by atoms with E-state index in [0.717, 1.165) is 71.2 Å². The minimum atomic E-state index is -0.615. The maximum atomic E-state index is 12.6. The molecule has 5 rings (SSSR count). The average Bonchev–Trinajstić information content (AvgIpc) is 3.16. The molecule has 0 saturated heterocycles. The van der Waals surface area contributed by atoms with E-state index >= 15 is 0 Å². The lowest BCUT2D eigenvalue weighted by Gasteiger charge is -2.18. The number of benzene rings is 1. The summed E-state index contributed by atoms with van der Waals surface area (Å²) in [6, 6.07) is 3.71. The van der Waals surface area contributed by atoms with Gasteiger partial charge in [0.1, 0.15) is 0 Å². The Labute approximate surface area is 171 Å². The number of thiophene rings is 1. The van der Waals surface area contributed by atoms with Crippen LogP contribution in [0.2, 0.25) is 5.02 Å². The number of aliphatic hydroxyl groups is 1. The Morgan fingerprint density at radius 1 is 1.07 bits per heavy atom. The quantitative estimate of drug-likeness (QED) is 0.596. The molecule has 2 amide bonds. The van der Waals surface area contributed by atoms with Crippen molar-refractivity contribution in [2.24, 2.45) is 0 Å². The molecule has 3 aliphatic rings. The van der Waals surface area contributed by atoms with E-state index < -0.39 is 5.60 Å². The number of fused-ring (bicyclic) bond motifs is 2. The summed E-state index contributed by atoms with van der Waals surface area (Å²) in [5.41, 5.74) is 5.32. The van der Waals surface area contributed by atoms with Crippen LogP contribution in [0, 0.1) is 0 Å². The van der Waals surface area contributed by atoms with Crippen molar-refractivity contribution in [2.45, 2.75) is 61.2 Å². The number of rotatable bonds is 4. The Bertz CT molecular complexity index is 901. The summed E-state index contributed by atoms with van der Waals surface area (Å²) in [5.74, 6) is 0. The van der Waals surface area contributed by atoms with Crippen molar-refractivity contribution in [1.29, 1.82) is 0 Å². The first kappa shape index (κ1) is 17.9. The first-order chi connectivity index (χ1) is 13.0. The Hall–Kier alpha value is -1.21. The Balaban J connectivity index is 1.31. The number of carbonyl (C=O) groups excluding carboxylic acids is 1. The van der Waals surface area contributed by atoms with Crippen LogP contribution in [-0.4, -0.2) is 11.1 Å². The monoisotopic (exact) mass is 420 g/mol. The van der Waals surface area contributed by atoms with Crippen LogP contribution in [0.3, 0.4) is 0 Å². The fourth-order valence-electron chi connectivity index (χ4n) is 4.26. The fraction of sp³-hybridized carbons (Fsp3) is 0.450. The molecule has 2 aromatic rings. The van der Waals surface area contributed by atoms with Gasteiger partial charge in [-0.2, -0.15) is 0 Å². The van der Waals surface area contributed by atoms with Crippen molar-refractivity contribution in [2.75, 3.05) is 5.32 Å². The zero-order valence-corrected chi connectivity index (χ0v) is 17.3. The summed E-state index contributed by atoms with van der Waals surface area (Å²) in [4.78, 5) is 13.6. The number of carbonyl (C=O) groups is 1. The van der Waals surface area contributed by atoms with Crippen molar-refractivity contribution in [3.05, 3.63) is 44.3 Å². The maximum Gasteiger partial charge on any atom is 0.329 e. The molecular weight excluding hydrogens is 400 g/mol. The van der Waals surface area contributed by atoms with E-state index in [1.807, 2.05) is 12.1 Å². The van der Waals surface area contributed by atoms with Gasteiger partial charge in [-0.25, -0.2) is 4.79 Å². The van der Waals surface area contributed by atoms with Crippen molar-refractivity contribution in [1.82, 2.24) is 4.72 Å². The van der Waals surface area contributed by atoms with Gasteiger partial charge in [-0.3, -0.25) is 4.72 Å². The molecule has 0 unspecified atom stereocenters. The van der Waals surface area contributed by atoms with Crippen LogP contribution < -0.4 is 10.0 Å². The number of amides is 2. The highest BCUT2D eigenvalue weighted by Crippen LogP contribution is 2.49. The second kappa shape index (κ2) is 6.69. The molecule has 7 heteroatoms. The normalized spacial score (nSPS) is 18.9. The van der Waals surface area contributed by atoms with Gasteiger partial charge in [0, 0.05) is 15.6 Å². The van der Waals surface area contributed by atoms with Crippen molar-refractivity contribution < 1.29 is 9.90 Å². The second-order valence-corrected chi connectivity index (χ2v) is 10.2. The van der Waals surface area contributed by atoms with Crippen LogP contribution in [0.1, 0.15) is 52.8 Å². The maximum absolute atomic E-state index is 12.6. The molecule has 0 bridgehead atoms. The molecule has 0 atom stereocenters. The van der Waals surface area contributed by atoms with Gasteiger partial charge in [-0.15, -0.1) is 11.3 Å². The molecule has 3 aliphatic carbocycles. The number of halogens is 1. The number of nitrogens with one attached hydrogen (secondary N) is 2. The van der Waals surface area contributed by atoms with Gasteiger partial charge in [0.25, 0.3) is 0 Å². The highest BCUT2D eigenvalue weighted by atomic mass is 35.5. The van der Waals surface area contributed by atoms with E-state index in [0.29, 0.717) is 0 Å². The third kappa shape index (κ3) is 3.16. The first-order valence-corrected chi connectivity index (χ1v) is 11.5. The molecule has 1 heterocycles. The molecule has 1 saturated carbocycles. The molecular formula is C20H21ClN2O2S2. The summed E-state index contributed by atoms with van der Waals surface area (Å²) in [7, 11) is 0. The molecule has 3 N–H and O–H groups in total. The Morgan fingerprint density at radius 2 is 1.70 bits per heavy atom. The van der Waals surface area contributed by atoms with Crippen molar-refractivity contribution >= 4 is 46.6 Å². The number of anilines is 1. The minimum absolute atomic E-state index is 0.203. The van der Waals surface area contributed by atoms with Gasteiger partial charge in [-0.1, -0.05) is 11.6 Å². The molecule has 0 radical (unpaired) electrons. The van der Waals surface area contributed by atoms with E-state index in [4.69, 9.17) is 11.6 Å². The van der Waals surface area contributed by atoms with Crippen molar-refractivity contribution in [3.63, 3.8) is 0 Å². The van der Waals surface area contributed by atoms with Crippen LogP contribution in [-0.2, 0) is 31.3 Å². The largest absolute Gasteiger partial charge is 0.384 e. The number of hydrogen-bond acceptors (Lipinski definition) is 4. The standard InChI is InChI=1S/C20H21ClN2O2S2/c21-17-11-3-1-5-13(11)18(14-6-2-4-12(14)17)22-19(24)23-27-16-8-7-15(26-16)20(25)9-10-20/h7-8,25H,1-6,9-10H2,(H2,22,23,24). The van der Waals surface area contributed by atoms with Crippen LogP contribution in [0.15, 0.2) is 16.3 Å². The zero-order valence-electron chi connectivity index (χ0n) is 14.9. The Morgan fingerprint density at radius 3 is 2.33 bits per heavy atom. The van der Waals surface area contributed by atoms with E-state index in [1.54, 1.807) is 11.3 Å². The zero-order chi connectivity index (χ0) is 18.6. The summed E-state index contributed by atoms with van der Waals surface area (Å²) in [6.45, 7) is 0. The van der Waals surface area contributed by atoms with Gasteiger partial charge in [0.05, 0.1) is 9.81 Å². The lowest BCUT2D eigenvalue weighted by Crippen LogP contribution is -2.24. The molecule has 142 valence electrons. The highest BCUT2D eigenvalue weighted by molar-refractivity contribution is 7.99. The second-order valence-electron chi connectivity index (χ2n) is 7.62. The topological polar surface area (TPSA) is 61.4 Å². The smallest absolute Gasteiger partial charge is 0.329 e. The molecule has 27 heavy (non-hydrogen) atoms. The first-order valence-electron chi connectivity index (χ1n) is 9.47. The summed E-state index contributed by atoms with van der Waals surface area (Å²) in [5, 5.41) is 14.2. The summed E-state index contributed by atoms with van der Waals surface area (Å²) >= 11 is 9.49. The van der Waals surface area contributed by atoms with Gasteiger partial charge >= 0.3 is 6.03 Å². The third-order valence-corrected chi connectivity index (χ3v) is 8.47. The molecule has 1 aromatic heterocycles. The van der Waals surface area contributed by atoms with E-state index in [2.05, 4.69) is 10.0 Å². The average molecular weight is 421 g/mol. The van der Waals surface area contributed by atoms with Crippen LogP contribution in [0.25, 0.3) is 0 Å². The summed E-state index contributed by atoms with van der Waals surface area (Å²) in [6.07, 6.45) is 7.85. The Kier molecular flexibility index (Phi) is 4.43. The molecule has 0 spiro atoms. The summed E-state index contributed by atoms with van der Waals surface area (Å²) < 4.78 is 3.87. The predicted molar refractivity (Wildman–Crippen MR) is 111 cm³/mol. The molecule has 4 nitrogen and oxygen atoms in total. The molecule has 1 fully saturated rings.